The summed E-state index contributed by atoms with van der Waals surface area (Å²) in [5, 5.41) is 8.03. The molecule has 0 saturated carbocycles. The number of benzene rings is 1. The zero-order valence-corrected chi connectivity index (χ0v) is 8.22. The van der Waals surface area contributed by atoms with E-state index in [0.717, 1.165) is 5.56 Å². The van der Waals surface area contributed by atoms with E-state index in [1.807, 2.05) is 6.07 Å². The molecule has 70 valence electrons. The lowest BCUT2D eigenvalue weighted by atomic mass is 10.2. The minimum atomic E-state index is -0.250. The van der Waals surface area contributed by atoms with Gasteiger partial charge in [0.25, 0.3) is 6.47 Å². The van der Waals surface area contributed by atoms with E-state index in [1.54, 1.807) is 18.2 Å². The Bertz CT molecular complexity index is 298. The maximum absolute atomic E-state index is 8.36. The van der Waals surface area contributed by atoms with Crippen LogP contribution in [-0.2, 0) is 4.79 Å². The van der Waals surface area contributed by atoms with Crippen molar-refractivity contribution in [2.75, 3.05) is 0 Å². The predicted molar refractivity (Wildman–Crippen MR) is 55.2 cm³/mol. The molecule has 0 aliphatic heterocycles. The molecule has 1 aromatic rings. The summed E-state index contributed by atoms with van der Waals surface area (Å²) in [6.07, 6.45) is 1.72. The zero-order valence-electron chi connectivity index (χ0n) is 6.71. The van der Waals surface area contributed by atoms with Gasteiger partial charge < -0.3 is 5.11 Å². The normalized spacial score (nSPS) is 8.15. The maximum atomic E-state index is 8.36. The summed E-state index contributed by atoms with van der Waals surface area (Å²) in [5.74, 6) is 0. The molecule has 0 aliphatic carbocycles. The van der Waals surface area contributed by atoms with Crippen LogP contribution in [0.4, 0.5) is 0 Å². The van der Waals surface area contributed by atoms with Crippen molar-refractivity contribution < 1.29 is 9.90 Å². The van der Waals surface area contributed by atoms with Gasteiger partial charge in [0, 0.05) is 0 Å². The smallest absolute Gasteiger partial charge is 0.290 e. The molecule has 0 spiro atoms. The summed E-state index contributed by atoms with van der Waals surface area (Å²) in [7, 11) is 0. The number of carbonyl (C=O) groups is 1. The van der Waals surface area contributed by atoms with E-state index in [9.17, 15) is 0 Å². The highest BCUT2D eigenvalue weighted by molar-refractivity contribution is 6.42. The average molecular weight is 219 g/mol. The van der Waals surface area contributed by atoms with Gasteiger partial charge in [0.1, 0.15) is 0 Å². The Morgan fingerprint density at radius 3 is 2.23 bits per heavy atom. The zero-order chi connectivity index (χ0) is 10.3. The molecule has 0 saturated heterocycles. The summed E-state index contributed by atoms with van der Waals surface area (Å²) in [6.45, 7) is 3.35. The van der Waals surface area contributed by atoms with Crippen LogP contribution in [0.1, 0.15) is 5.56 Å². The Morgan fingerprint density at radius 2 is 1.85 bits per heavy atom. The van der Waals surface area contributed by atoms with E-state index in [-0.39, 0.29) is 6.47 Å². The molecular formula is C9H8Cl2O2. The van der Waals surface area contributed by atoms with Crippen LogP contribution in [0.3, 0.4) is 0 Å². The first-order chi connectivity index (χ1) is 6.15. The SMILES string of the molecule is C=Cc1ccc(Cl)c(Cl)c1.O=CO. The van der Waals surface area contributed by atoms with E-state index in [0.29, 0.717) is 10.0 Å². The Balaban J connectivity index is 0.000000424. The fourth-order valence-corrected chi connectivity index (χ4v) is 0.946. The summed E-state index contributed by atoms with van der Waals surface area (Å²) in [5.41, 5.74) is 0.981. The molecule has 0 unspecified atom stereocenters. The van der Waals surface area contributed by atoms with Crippen LogP contribution in [0.2, 0.25) is 10.0 Å². The maximum Gasteiger partial charge on any atom is 0.290 e. The molecule has 0 heterocycles. The van der Waals surface area contributed by atoms with Gasteiger partial charge in [-0.25, -0.2) is 0 Å². The minimum Gasteiger partial charge on any atom is -0.483 e. The Kier molecular flexibility index (Phi) is 6.02. The van der Waals surface area contributed by atoms with Crippen molar-refractivity contribution in [3.8, 4) is 0 Å². The van der Waals surface area contributed by atoms with Crippen LogP contribution in [0, 0.1) is 0 Å². The van der Waals surface area contributed by atoms with E-state index in [1.165, 1.54) is 0 Å². The van der Waals surface area contributed by atoms with Crippen LogP contribution in [0.25, 0.3) is 6.08 Å². The van der Waals surface area contributed by atoms with Crippen molar-refractivity contribution in [2.45, 2.75) is 0 Å². The number of rotatable bonds is 1. The van der Waals surface area contributed by atoms with Gasteiger partial charge in [-0.3, -0.25) is 4.79 Å². The number of hydrogen-bond donors (Lipinski definition) is 1. The molecule has 1 aromatic carbocycles. The van der Waals surface area contributed by atoms with Crippen molar-refractivity contribution >= 4 is 35.8 Å². The fraction of sp³-hybridized carbons (Fsp3) is 0. The largest absolute Gasteiger partial charge is 0.483 e. The number of carboxylic acid groups (broad SMARTS) is 1. The molecule has 4 heteroatoms. The van der Waals surface area contributed by atoms with Gasteiger partial charge in [-0.15, -0.1) is 0 Å². The van der Waals surface area contributed by atoms with Crippen LogP contribution in [0.15, 0.2) is 24.8 Å². The second-order valence-electron chi connectivity index (χ2n) is 1.98. The number of halogens is 2. The third-order valence-corrected chi connectivity index (χ3v) is 1.92. The molecule has 1 N–H and O–H groups in total. The summed E-state index contributed by atoms with van der Waals surface area (Å²) in [6, 6.07) is 5.39. The highest BCUT2D eigenvalue weighted by Crippen LogP contribution is 2.22. The van der Waals surface area contributed by atoms with E-state index >= 15 is 0 Å². The Labute approximate surface area is 86.4 Å². The van der Waals surface area contributed by atoms with Gasteiger partial charge in [-0.2, -0.15) is 0 Å². The van der Waals surface area contributed by atoms with Crippen molar-refractivity contribution in [1.82, 2.24) is 0 Å². The lowest BCUT2D eigenvalue weighted by Crippen LogP contribution is -1.71. The topological polar surface area (TPSA) is 37.3 Å². The Hall–Kier alpha value is -0.990. The van der Waals surface area contributed by atoms with Crippen molar-refractivity contribution in [2.24, 2.45) is 0 Å². The standard InChI is InChI=1S/C8H6Cl2.CH2O2/c1-2-6-3-4-7(9)8(10)5-6;2-1-3/h2-5H,1H2;1H,(H,2,3). The van der Waals surface area contributed by atoms with Gasteiger partial charge in [0.05, 0.1) is 10.0 Å². The molecule has 0 fully saturated rings. The second-order valence-corrected chi connectivity index (χ2v) is 2.80. The lowest BCUT2D eigenvalue weighted by Gasteiger charge is -1.95. The average Bonchev–Trinajstić information content (AvgIpc) is 2.11. The minimum absolute atomic E-state index is 0.250. The van der Waals surface area contributed by atoms with Gasteiger partial charge >= 0.3 is 0 Å². The van der Waals surface area contributed by atoms with Crippen molar-refractivity contribution in [1.29, 1.82) is 0 Å². The fourth-order valence-electron chi connectivity index (χ4n) is 0.639. The first kappa shape index (κ1) is 12.0. The molecule has 13 heavy (non-hydrogen) atoms. The monoisotopic (exact) mass is 218 g/mol. The first-order valence-corrected chi connectivity index (χ1v) is 4.06. The quantitative estimate of drug-likeness (QED) is 0.735. The molecule has 1 rings (SSSR count). The van der Waals surface area contributed by atoms with Crippen molar-refractivity contribution in [3.63, 3.8) is 0 Å². The predicted octanol–water partition coefficient (Wildman–Crippen LogP) is 3.34. The summed E-state index contributed by atoms with van der Waals surface area (Å²) in [4.78, 5) is 8.36. The molecule has 0 atom stereocenters. The van der Waals surface area contributed by atoms with Crippen LogP contribution in [-0.4, -0.2) is 11.6 Å². The van der Waals surface area contributed by atoms with Gasteiger partial charge in [-0.1, -0.05) is 41.9 Å². The van der Waals surface area contributed by atoms with Gasteiger partial charge in [0.15, 0.2) is 0 Å². The van der Waals surface area contributed by atoms with Crippen molar-refractivity contribution in [3.05, 3.63) is 40.4 Å². The highest BCUT2D eigenvalue weighted by atomic mass is 35.5. The van der Waals surface area contributed by atoms with E-state index < -0.39 is 0 Å². The van der Waals surface area contributed by atoms with Crippen LogP contribution in [0.5, 0.6) is 0 Å². The van der Waals surface area contributed by atoms with Crippen LogP contribution < -0.4 is 0 Å². The molecular weight excluding hydrogens is 211 g/mol. The molecule has 0 bridgehead atoms. The van der Waals surface area contributed by atoms with Crippen LogP contribution >= 0.6 is 23.2 Å². The first-order valence-electron chi connectivity index (χ1n) is 3.31. The third kappa shape index (κ3) is 4.55. The third-order valence-electron chi connectivity index (χ3n) is 1.18. The summed E-state index contributed by atoms with van der Waals surface area (Å²) < 4.78 is 0. The molecule has 2 nitrogen and oxygen atoms in total. The molecule has 0 amide bonds. The summed E-state index contributed by atoms with van der Waals surface area (Å²) >= 11 is 11.4. The van der Waals surface area contributed by atoms with Gasteiger partial charge in [-0.05, 0) is 17.7 Å². The van der Waals surface area contributed by atoms with E-state index in [2.05, 4.69) is 6.58 Å². The molecule has 0 radical (unpaired) electrons. The Morgan fingerprint density at radius 1 is 1.31 bits per heavy atom. The highest BCUT2D eigenvalue weighted by Gasteiger charge is 1.94. The molecule has 0 aromatic heterocycles. The number of hydrogen-bond acceptors (Lipinski definition) is 1. The van der Waals surface area contributed by atoms with E-state index in [4.69, 9.17) is 33.1 Å². The second kappa shape index (κ2) is 6.52. The van der Waals surface area contributed by atoms with Gasteiger partial charge in [0.2, 0.25) is 0 Å². The lowest BCUT2D eigenvalue weighted by molar-refractivity contribution is -0.122. The molecule has 0 aliphatic rings.